The Morgan fingerprint density at radius 3 is 3.25 bits per heavy atom. The number of fused-ring (bicyclic) bond motifs is 1. The van der Waals surface area contributed by atoms with Gasteiger partial charge in [-0.2, -0.15) is 0 Å². The molecule has 2 rings (SSSR count). The summed E-state index contributed by atoms with van der Waals surface area (Å²) in [6, 6.07) is 2.04. The molecule has 2 heterocycles. The number of amides is 1. The zero-order valence-corrected chi connectivity index (χ0v) is 7.13. The van der Waals surface area contributed by atoms with Gasteiger partial charge in [-0.15, -0.1) is 0 Å². The lowest BCUT2D eigenvalue weighted by molar-refractivity contribution is 0.0936. The van der Waals surface area contributed by atoms with Crippen LogP contribution in [0, 0.1) is 0 Å². The first-order valence-electron chi connectivity index (χ1n) is 4.29. The van der Waals surface area contributed by atoms with E-state index in [1.54, 1.807) is 0 Å². The van der Waals surface area contributed by atoms with Crippen molar-refractivity contribution in [1.82, 2.24) is 9.88 Å². The molecule has 1 N–H and O–H groups in total. The second-order valence-corrected chi connectivity index (χ2v) is 2.98. The summed E-state index contributed by atoms with van der Waals surface area (Å²) in [4.78, 5) is 11.4. The summed E-state index contributed by atoms with van der Waals surface area (Å²) >= 11 is 0. The van der Waals surface area contributed by atoms with Crippen LogP contribution in [0.15, 0.2) is 12.3 Å². The number of carbonyl (C=O) groups is 1. The molecule has 1 aromatic rings. The molecule has 0 unspecified atom stereocenters. The number of hydrogen-bond acceptors (Lipinski definition) is 1. The number of aryl methyl sites for hydroxylation is 1. The van der Waals surface area contributed by atoms with Gasteiger partial charge in [0.25, 0.3) is 5.91 Å². The molecule has 0 aliphatic carbocycles. The van der Waals surface area contributed by atoms with Crippen LogP contribution in [-0.2, 0) is 13.0 Å². The maximum Gasteiger partial charge on any atom is 0.268 e. The summed E-state index contributed by atoms with van der Waals surface area (Å²) in [6.45, 7) is 3.68. The lowest BCUT2D eigenvalue weighted by Crippen LogP contribution is -2.33. The standard InChI is InChI=1S/C9H12N2O/c1-2-11-6-4-7-3-5-10-9(12)8(7)11/h4,6H,2-3,5H2,1H3,(H,10,12). The zero-order valence-electron chi connectivity index (χ0n) is 7.13. The van der Waals surface area contributed by atoms with Crippen molar-refractivity contribution < 1.29 is 4.79 Å². The molecule has 0 spiro atoms. The molecule has 1 amide bonds. The van der Waals surface area contributed by atoms with Crippen molar-refractivity contribution in [3.05, 3.63) is 23.5 Å². The molecule has 0 fully saturated rings. The van der Waals surface area contributed by atoms with Crippen molar-refractivity contribution in [3.8, 4) is 0 Å². The fourth-order valence-electron chi connectivity index (χ4n) is 1.65. The van der Waals surface area contributed by atoms with E-state index in [2.05, 4.69) is 5.32 Å². The van der Waals surface area contributed by atoms with Gasteiger partial charge in [-0.05, 0) is 25.0 Å². The topological polar surface area (TPSA) is 34.0 Å². The Labute approximate surface area is 71.4 Å². The van der Waals surface area contributed by atoms with Crippen molar-refractivity contribution >= 4 is 5.91 Å². The van der Waals surface area contributed by atoms with E-state index in [-0.39, 0.29) is 5.91 Å². The van der Waals surface area contributed by atoms with Crippen molar-refractivity contribution in [1.29, 1.82) is 0 Å². The molecular formula is C9H12N2O. The lowest BCUT2D eigenvalue weighted by Gasteiger charge is -2.14. The molecule has 0 aromatic carbocycles. The lowest BCUT2D eigenvalue weighted by atomic mass is 10.1. The first-order valence-corrected chi connectivity index (χ1v) is 4.29. The quantitative estimate of drug-likeness (QED) is 0.654. The average molecular weight is 164 g/mol. The molecule has 0 saturated heterocycles. The monoisotopic (exact) mass is 164 g/mol. The van der Waals surface area contributed by atoms with Crippen molar-refractivity contribution in [2.75, 3.05) is 6.54 Å². The van der Waals surface area contributed by atoms with Gasteiger partial charge in [0.2, 0.25) is 0 Å². The summed E-state index contributed by atoms with van der Waals surface area (Å²) in [6.07, 6.45) is 2.95. The molecular weight excluding hydrogens is 152 g/mol. The molecule has 1 aliphatic heterocycles. The van der Waals surface area contributed by atoms with E-state index in [4.69, 9.17) is 0 Å². The molecule has 1 aliphatic rings. The minimum Gasteiger partial charge on any atom is -0.350 e. The summed E-state index contributed by atoms with van der Waals surface area (Å²) in [5.41, 5.74) is 2.03. The highest BCUT2D eigenvalue weighted by Gasteiger charge is 2.19. The van der Waals surface area contributed by atoms with Crippen LogP contribution >= 0.6 is 0 Å². The number of rotatable bonds is 1. The molecule has 0 radical (unpaired) electrons. The largest absolute Gasteiger partial charge is 0.350 e. The summed E-state index contributed by atoms with van der Waals surface area (Å²) in [5, 5.41) is 2.84. The predicted octanol–water partition coefficient (Wildman–Crippen LogP) is 0.794. The molecule has 0 atom stereocenters. The van der Waals surface area contributed by atoms with Crippen LogP contribution in [-0.4, -0.2) is 17.0 Å². The zero-order chi connectivity index (χ0) is 8.55. The van der Waals surface area contributed by atoms with E-state index in [1.807, 2.05) is 23.8 Å². The molecule has 1 aromatic heterocycles. The average Bonchev–Trinajstić information content (AvgIpc) is 2.49. The maximum atomic E-state index is 11.4. The van der Waals surface area contributed by atoms with Gasteiger partial charge in [0.15, 0.2) is 0 Å². The van der Waals surface area contributed by atoms with E-state index in [0.29, 0.717) is 0 Å². The fraction of sp³-hybridized carbons (Fsp3) is 0.444. The van der Waals surface area contributed by atoms with E-state index < -0.39 is 0 Å². The van der Waals surface area contributed by atoms with Crippen LogP contribution < -0.4 is 5.32 Å². The Morgan fingerprint density at radius 2 is 2.50 bits per heavy atom. The second kappa shape index (κ2) is 2.66. The van der Waals surface area contributed by atoms with Crippen molar-refractivity contribution in [2.24, 2.45) is 0 Å². The number of aromatic nitrogens is 1. The highest BCUT2D eigenvalue weighted by atomic mass is 16.2. The fourth-order valence-corrected chi connectivity index (χ4v) is 1.65. The Hall–Kier alpha value is -1.25. The predicted molar refractivity (Wildman–Crippen MR) is 46.1 cm³/mol. The van der Waals surface area contributed by atoms with Crippen LogP contribution in [0.5, 0.6) is 0 Å². The summed E-state index contributed by atoms with van der Waals surface area (Å²) in [7, 11) is 0. The highest BCUT2D eigenvalue weighted by Crippen LogP contribution is 2.14. The third-order valence-corrected chi connectivity index (χ3v) is 2.28. The van der Waals surface area contributed by atoms with Gasteiger partial charge in [0, 0.05) is 19.3 Å². The summed E-state index contributed by atoms with van der Waals surface area (Å²) < 4.78 is 1.99. The van der Waals surface area contributed by atoms with Crippen LogP contribution in [0.2, 0.25) is 0 Å². The van der Waals surface area contributed by atoms with Gasteiger partial charge in [-0.25, -0.2) is 0 Å². The Balaban J connectivity index is 2.50. The van der Waals surface area contributed by atoms with E-state index in [9.17, 15) is 4.79 Å². The Kier molecular flexibility index (Phi) is 1.64. The van der Waals surface area contributed by atoms with Crippen LogP contribution in [0.3, 0.4) is 0 Å². The molecule has 64 valence electrons. The Bertz CT molecular complexity index is 301. The molecule has 3 nitrogen and oxygen atoms in total. The first-order chi connectivity index (χ1) is 5.83. The van der Waals surface area contributed by atoms with Gasteiger partial charge < -0.3 is 9.88 Å². The number of nitrogens with zero attached hydrogens (tertiary/aromatic N) is 1. The normalized spacial score (nSPS) is 15.6. The van der Waals surface area contributed by atoms with E-state index >= 15 is 0 Å². The van der Waals surface area contributed by atoms with Gasteiger partial charge in [-0.1, -0.05) is 0 Å². The minimum absolute atomic E-state index is 0.0723. The van der Waals surface area contributed by atoms with Crippen LogP contribution in [0.4, 0.5) is 0 Å². The smallest absolute Gasteiger partial charge is 0.268 e. The first kappa shape index (κ1) is 7.40. The van der Waals surface area contributed by atoms with E-state index in [0.717, 1.165) is 25.2 Å². The second-order valence-electron chi connectivity index (χ2n) is 2.98. The van der Waals surface area contributed by atoms with Crippen LogP contribution in [0.25, 0.3) is 0 Å². The Morgan fingerprint density at radius 1 is 1.67 bits per heavy atom. The summed E-state index contributed by atoms with van der Waals surface area (Å²) in [5.74, 6) is 0.0723. The van der Waals surface area contributed by atoms with Gasteiger partial charge in [0.1, 0.15) is 5.69 Å². The van der Waals surface area contributed by atoms with Gasteiger partial charge in [0.05, 0.1) is 0 Å². The number of hydrogen-bond donors (Lipinski definition) is 1. The van der Waals surface area contributed by atoms with Crippen LogP contribution in [0.1, 0.15) is 23.0 Å². The molecule has 0 saturated carbocycles. The maximum absolute atomic E-state index is 11.4. The SMILES string of the molecule is CCn1ccc2c1C(=O)NCC2. The van der Waals surface area contributed by atoms with Crippen molar-refractivity contribution in [3.63, 3.8) is 0 Å². The van der Waals surface area contributed by atoms with E-state index in [1.165, 1.54) is 5.56 Å². The number of carbonyl (C=O) groups excluding carboxylic acids is 1. The van der Waals surface area contributed by atoms with Gasteiger partial charge >= 0.3 is 0 Å². The third-order valence-electron chi connectivity index (χ3n) is 2.28. The minimum atomic E-state index is 0.0723. The number of nitrogens with one attached hydrogen (secondary N) is 1. The molecule has 12 heavy (non-hydrogen) atoms. The highest BCUT2D eigenvalue weighted by molar-refractivity contribution is 5.95. The van der Waals surface area contributed by atoms with Gasteiger partial charge in [-0.3, -0.25) is 4.79 Å². The molecule has 3 heteroatoms. The third kappa shape index (κ3) is 0.932. The molecule has 0 bridgehead atoms. The van der Waals surface area contributed by atoms with Crippen molar-refractivity contribution in [2.45, 2.75) is 19.9 Å².